The number of nitrogens with one attached hydrogen (secondary N) is 1. The van der Waals surface area contributed by atoms with Gasteiger partial charge in [0.15, 0.2) is 0 Å². The summed E-state index contributed by atoms with van der Waals surface area (Å²) < 4.78 is 0. The van der Waals surface area contributed by atoms with E-state index in [0.717, 1.165) is 37.3 Å². The second-order valence-corrected chi connectivity index (χ2v) is 7.89. The standard InChI is InChI=1S/C20H27N3OS.2ClH/c1-4-14(2)12-21-13-19(24)23-10-8-18-16(9-11-25-18)20(23)17-7-5-6-15(3)22-17;;/h5-7,9,11,14,20-21H,4,8,10,12-13H2,1-3H3;2*1H. The SMILES string of the molecule is CCC(C)CNCC(=O)N1CCc2sccc2C1c1cccc(C)n1.Cl.Cl. The lowest BCUT2D eigenvalue weighted by molar-refractivity contribution is -0.132. The number of fused-ring (bicyclic) bond motifs is 1. The number of hydrogen-bond acceptors (Lipinski definition) is 4. The fourth-order valence-corrected chi connectivity index (χ4v) is 4.20. The summed E-state index contributed by atoms with van der Waals surface area (Å²) in [5.74, 6) is 0.750. The molecular formula is C20H29Cl2N3OS. The first-order valence-corrected chi connectivity index (χ1v) is 9.98. The predicted octanol–water partition coefficient (Wildman–Crippen LogP) is 4.40. The first-order chi connectivity index (χ1) is 12.1. The number of nitrogens with zero attached hydrogens (tertiary/aromatic N) is 2. The molecule has 27 heavy (non-hydrogen) atoms. The quantitative estimate of drug-likeness (QED) is 0.739. The second-order valence-electron chi connectivity index (χ2n) is 6.89. The Kier molecular flexibility index (Phi) is 9.74. The molecule has 0 aromatic carbocycles. The minimum atomic E-state index is -0.0622. The topological polar surface area (TPSA) is 45.2 Å². The smallest absolute Gasteiger partial charge is 0.237 e. The van der Waals surface area contributed by atoms with Gasteiger partial charge in [0.1, 0.15) is 6.04 Å². The van der Waals surface area contributed by atoms with Gasteiger partial charge in [-0.3, -0.25) is 9.78 Å². The van der Waals surface area contributed by atoms with Crippen molar-refractivity contribution in [1.29, 1.82) is 0 Å². The van der Waals surface area contributed by atoms with Gasteiger partial charge in [-0.2, -0.15) is 0 Å². The Hall–Kier alpha value is -1.14. The maximum absolute atomic E-state index is 12.9. The Balaban J connectivity index is 0.00000182. The van der Waals surface area contributed by atoms with E-state index >= 15 is 0 Å². The molecule has 1 aliphatic rings. The summed E-state index contributed by atoms with van der Waals surface area (Å²) in [5, 5.41) is 5.45. The number of thiophene rings is 1. The van der Waals surface area contributed by atoms with Crippen molar-refractivity contribution in [3.8, 4) is 0 Å². The van der Waals surface area contributed by atoms with Crippen LogP contribution in [-0.4, -0.2) is 35.4 Å². The number of hydrogen-bond donors (Lipinski definition) is 1. The number of rotatable bonds is 6. The van der Waals surface area contributed by atoms with Crippen molar-refractivity contribution in [3.63, 3.8) is 0 Å². The van der Waals surface area contributed by atoms with Gasteiger partial charge in [-0.15, -0.1) is 36.2 Å². The average Bonchev–Trinajstić information content (AvgIpc) is 3.09. The Morgan fingerprint density at radius 2 is 2.15 bits per heavy atom. The Labute approximate surface area is 178 Å². The maximum Gasteiger partial charge on any atom is 0.237 e. The third-order valence-corrected chi connectivity index (χ3v) is 5.94. The monoisotopic (exact) mass is 429 g/mol. The lowest BCUT2D eigenvalue weighted by Crippen LogP contribution is -2.45. The molecule has 2 aromatic rings. The van der Waals surface area contributed by atoms with Crippen molar-refractivity contribution in [1.82, 2.24) is 15.2 Å². The molecular weight excluding hydrogens is 401 g/mol. The fourth-order valence-electron chi connectivity index (χ4n) is 3.29. The molecule has 2 atom stereocenters. The predicted molar refractivity (Wildman–Crippen MR) is 117 cm³/mol. The molecule has 1 N–H and O–H groups in total. The molecule has 1 amide bonds. The van der Waals surface area contributed by atoms with Gasteiger partial charge >= 0.3 is 0 Å². The molecule has 3 heterocycles. The molecule has 3 rings (SSSR count). The second kappa shape index (κ2) is 11.0. The van der Waals surface area contributed by atoms with E-state index in [1.54, 1.807) is 11.3 Å². The summed E-state index contributed by atoms with van der Waals surface area (Å²) in [6.45, 7) is 8.42. The molecule has 0 saturated carbocycles. The van der Waals surface area contributed by atoms with Crippen LogP contribution in [0.5, 0.6) is 0 Å². The van der Waals surface area contributed by atoms with Gasteiger partial charge in [-0.05, 0) is 54.9 Å². The van der Waals surface area contributed by atoms with Crippen molar-refractivity contribution in [2.24, 2.45) is 5.92 Å². The molecule has 0 fully saturated rings. The summed E-state index contributed by atoms with van der Waals surface area (Å²) in [4.78, 5) is 21.0. The number of pyridine rings is 1. The summed E-state index contributed by atoms with van der Waals surface area (Å²) in [7, 11) is 0. The zero-order valence-corrected chi connectivity index (χ0v) is 18.6. The molecule has 2 unspecified atom stereocenters. The van der Waals surface area contributed by atoms with Crippen LogP contribution in [-0.2, 0) is 11.2 Å². The Morgan fingerprint density at radius 1 is 1.37 bits per heavy atom. The van der Waals surface area contributed by atoms with Gasteiger partial charge in [0.2, 0.25) is 5.91 Å². The summed E-state index contributed by atoms with van der Waals surface area (Å²) >= 11 is 1.79. The zero-order chi connectivity index (χ0) is 17.8. The zero-order valence-electron chi connectivity index (χ0n) is 16.1. The normalized spacial score (nSPS) is 16.7. The number of halogens is 2. The van der Waals surface area contributed by atoms with E-state index in [4.69, 9.17) is 4.98 Å². The van der Waals surface area contributed by atoms with E-state index in [1.165, 1.54) is 10.4 Å². The lowest BCUT2D eigenvalue weighted by Gasteiger charge is -2.36. The van der Waals surface area contributed by atoms with Crippen LogP contribution in [0, 0.1) is 12.8 Å². The van der Waals surface area contributed by atoms with E-state index < -0.39 is 0 Å². The van der Waals surface area contributed by atoms with Crippen molar-refractivity contribution in [3.05, 3.63) is 51.5 Å². The highest BCUT2D eigenvalue weighted by Crippen LogP contribution is 2.37. The molecule has 0 bridgehead atoms. The molecule has 150 valence electrons. The van der Waals surface area contributed by atoms with E-state index in [0.29, 0.717) is 12.5 Å². The van der Waals surface area contributed by atoms with Crippen LogP contribution in [0.4, 0.5) is 0 Å². The van der Waals surface area contributed by atoms with Crippen molar-refractivity contribution in [2.45, 2.75) is 39.7 Å². The maximum atomic E-state index is 12.9. The first kappa shape index (κ1) is 23.9. The summed E-state index contributed by atoms with van der Waals surface area (Å²) in [6.07, 6.45) is 2.06. The number of aromatic nitrogens is 1. The van der Waals surface area contributed by atoms with Gasteiger partial charge in [0.25, 0.3) is 0 Å². The van der Waals surface area contributed by atoms with Gasteiger partial charge in [0, 0.05) is 17.1 Å². The number of carbonyl (C=O) groups excluding carboxylic acids is 1. The lowest BCUT2D eigenvalue weighted by atomic mass is 9.96. The summed E-state index contributed by atoms with van der Waals surface area (Å²) in [6, 6.07) is 8.16. The van der Waals surface area contributed by atoms with Crippen molar-refractivity contribution >= 4 is 42.1 Å². The van der Waals surface area contributed by atoms with Crippen molar-refractivity contribution < 1.29 is 4.79 Å². The minimum absolute atomic E-state index is 0. The molecule has 0 spiro atoms. The fraction of sp³-hybridized carbons (Fsp3) is 0.500. The number of carbonyl (C=O) groups is 1. The van der Waals surface area contributed by atoms with Crippen molar-refractivity contribution in [2.75, 3.05) is 19.6 Å². The molecule has 7 heteroatoms. The summed E-state index contributed by atoms with van der Waals surface area (Å²) in [5.41, 5.74) is 3.20. The third-order valence-electron chi connectivity index (χ3n) is 4.94. The molecule has 1 aliphatic heterocycles. The van der Waals surface area contributed by atoms with E-state index in [9.17, 15) is 4.79 Å². The molecule has 2 aromatic heterocycles. The largest absolute Gasteiger partial charge is 0.328 e. The average molecular weight is 430 g/mol. The Bertz CT molecular complexity index is 738. The van der Waals surface area contributed by atoms with Crippen LogP contribution in [0.1, 0.15) is 48.1 Å². The van der Waals surface area contributed by atoms with Crippen LogP contribution in [0.15, 0.2) is 29.6 Å². The van der Waals surface area contributed by atoms with Gasteiger partial charge in [-0.1, -0.05) is 26.3 Å². The van der Waals surface area contributed by atoms with E-state index in [2.05, 4.69) is 30.6 Å². The number of aryl methyl sites for hydroxylation is 1. The third kappa shape index (κ3) is 5.67. The van der Waals surface area contributed by atoms with E-state index in [-0.39, 0.29) is 36.8 Å². The van der Waals surface area contributed by atoms with Gasteiger partial charge in [0.05, 0.1) is 12.2 Å². The van der Waals surface area contributed by atoms with Gasteiger partial charge in [-0.25, -0.2) is 0 Å². The molecule has 0 saturated heterocycles. The minimum Gasteiger partial charge on any atom is -0.328 e. The van der Waals surface area contributed by atoms with Gasteiger partial charge < -0.3 is 10.2 Å². The highest BCUT2D eigenvalue weighted by Gasteiger charge is 2.33. The van der Waals surface area contributed by atoms with Crippen LogP contribution in [0.2, 0.25) is 0 Å². The first-order valence-electron chi connectivity index (χ1n) is 9.10. The molecule has 4 nitrogen and oxygen atoms in total. The number of amides is 1. The van der Waals surface area contributed by atoms with Crippen LogP contribution < -0.4 is 5.32 Å². The highest BCUT2D eigenvalue weighted by atomic mass is 35.5. The Morgan fingerprint density at radius 3 is 2.85 bits per heavy atom. The highest BCUT2D eigenvalue weighted by molar-refractivity contribution is 7.10. The van der Waals surface area contributed by atoms with Crippen LogP contribution >= 0.6 is 36.2 Å². The molecule has 0 radical (unpaired) electrons. The molecule has 0 aliphatic carbocycles. The van der Waals surface area contributed by atoms with Crippen LogP contribution in [0.25, 0.3) is 0 Å². The van der Waals surface area contributed by atoms with Crippen LogP contribution in [0.3, 0.4) is 0 Å². The van der Waals surface area contributed by atoms with E-state index in [1.807, 2.05) is 30.0 Å².